The number of aromatic hydroxyl groups is 1. The van der Waals surface area contributed by atoms with Crippen LogP contribution in [0.25, 0.3) is 0 Å². The Labute approximate surface area is 124 Å². The molecular formula is C13H10ClN3O4. The molecule has 21 heavy (non-hydrogen) atoms. The van der Waals surface area contributed by atoms with Crippen LogP contribution in [0.15, 0.2) is 42.5 Å². The summed E-state index contributed by atoms with van der Waals surface area (Å²) in [4.78, 5) is 22.1. The number of hydrogen-bond donors (Lipinski definition) is 3. The molecule has 0 saturated heterocycles. The lowest BCUT2D eigenvalue weighted by Crippen LogP contribution is -2.20. The Bertz CT molecular complexity index is 706. The van der Waals surface area contributed by atoms with Crippen LogP contribution in [-0.4, -0.2) is 16.1 Å². The molecular weight excluding hydrogens is 298 g/mol. The van der Waals surface area contributed by atoms with Crippen LogP contribution in [0.2, 0.25) is 5.02 Å². The van der Waals surface area contributed by atoms with Crippen LogP contribution in [0.5, 0.6) is 5.75 Å². The molecule has 8 heteroatoms. The van der Waals surface area contributed by atoms with Gasteiger partial charge in [-0.3, -0.25) is 10.1 Å². The minimum Gasteiger partial charge on any atom is -0.508 e. The zero-order valence-corrected chi connectivity index (χ0v) is 11.3. The number of hydrogen-bond acceptors (Lipinski definition) is 4. The number of rotatable bonds is 3. The lowest BCUT2D eigenvalue weighted by molar-refractivity contribution is -0.383. The van der Waals surface area contributed by atoms with Crippen molar-refractivity contribution in [3.63, 3.8) is 0 Å². The predicted octanol–water partition coefficient (Wildman–Crippen LogP) is 3.60. The molecule has 0 heterocycles. The maximum Gasteiger partial charge on any atom is 0.323 e. The van der Waals surface area contributed by atoms with Crippen LogP contribution >= 0.6 is 11.6 Å². The van der Waals surface area contributed by atoms with E-state index in [1.54, 1.807) is 12.1 Å². The number of nitrogens with zero attached hydrogens (tertiary/aromatic N) is 1. The number of nitro groups is 1. The summed E-state index contributed by atoms with van der Waals surface area (Å²) in [5.74, 6) is -0.00901. The molecule has 0 bridgehead atoms. The maximum atomic E-state index is 11.8. The van der Waals surface area contributed by atoms with Crippen molar-refractivity contribution in [3.8, 4) is 5.75 Å². The molecule has 2 aromatic carbocycles. The van der Waals surface area contributed by atoms with Crippen LogP contribution in [0, 0.1) is 10.1 Å². The molecule has 2 rings (SSSR count). The number of urea groups is 1. The van der Waals surface area contributed by atoms with Gasteiger partial charge in [-0.2, -0.15) is 0 Å². The highest BCUT2D eigenvalue weighted by atomic mass is 35.5. The third-order valence-corrected chi connectivity index (χ3v) is 2.74. The summed E-state index contributed by atoms with van der Waals surface area (Å²) in [6.07, 6.45) is 0. The highest BCUT2D eigenvalue weighted by Crippen LogP contribution is 2.27. The van der Waals surface area contributed by atoms with Gasteiger partial charge in [0, 0.05) is 22.8 Å². The molecule has 3 N–H and O–H groups in total. The monoisotopic (exact) mass is 307 g/mol. The number of nitrogens with one attached hydrogen (secondary N) is 2. The Kier molecular flexibility index (Phi) is 4.24. The molecule has 0 aliphatic heterocycles. The number of nitro benzene ring substituents is 1. The molecule has 0 unspecified atom stereocenters. The Hall–Kier alpha value is -2.80. The number of benzene rings is 2. The number of halogens is 1. The second kappa shape index (κ2) is 6.10. The van der Waals surface area contributed by atoms with Crippen molar-refractivity contribution in [2.24, 2.45) is 0 Å². The van der Waals surface area contributed by atoms with E-state index in [-0.39, 0.29) is 22.1 Å². The van der Waals surface area contributed by atoms with Gasteiger partial charge in [0.05, 0.1) is 4.92 Å². The first-order chi connectivity index (χ1) is 9.95. The van der Waals surface area contributed by atoms with Crippen molar-refractivity contribution in [3.05, 3.63) is 57.6 Å². The van der Waals surface area contributed by atoms with Gasteiger partial charge >= 0.3 is 6.03 Å². The highest BCUT2D eigenvalue weighted by Gasteiger charge is 2.16. The van der Waals surface area contributed by atoms with Crippen molar-refractivity contribution in [2.75, 3.05) is 10.6 Å². The Morgan fingerprint density at radius 2 is 1.95 bits per heavy atom. The second-order valence-corrected chi connectivity index (χ2v) is 4.48. The van der Waals surface area contributed by atoms with Gasteiger partial charge in [-0.25, -0.2) is 4.79 Å². The summed E-state index contributed by atoms with van der Waals surface area (Å²) in [5, 5.41) is 25.2. The Morgan fingerprint density at radius 3 is 2.62 bits per heavy atom. The summed E-state index contributed by atoms with van der Waals surface area (Å²) >= 11 is 5.68. The molecule has 0 aliphatic carbocycles. The summed E-state index contributed by atoms with van der Waals surface area (Å²) in [7, 11) is 0. The summed E-state index contributed by atoms with van der Waals surface area (Å²) in [6, 6.07) is 9.15. The van der Waals surface area contributed by atoms with E-state index in [9.17, 15) is 20.0 Å². The number of carbonyl (C=O) groups excluding carboxylic acids is 1. The molecule has 0 aromatic heterocycles. The number of anilines is 2. The normalized spacial score (nSPS) is 9.95. The number of phenolic OH excluding ortho intramolecular Hbond substituents is 1. The quantitative estimate of drug-likeness (QED) is 0.595. The van der Waals surface area contributed by atoms with Crippen LogP contribution in [0.3, 0.4) is 0 Å². The first kappa shape index (κ1) is 14.6. The van der Waals surface area contributed by atoms with E-state index in [1.165, 1.54) is 24.3 Å². The largest absolute Gasteiger partial charge is 0.508 e. The molecule has 0 aliphatic rings. The smallest absolute Gasteiger partial charge is 0.323 e. The summed E-state index contributed by atoms with van der Waals surface area (Å²) in [5.41, 5.74) is 0.0553. The molecule has 0 atom stereocenters. The van der Waals surface area contributed by atoms with Crippen molar-refractivity contribution in [1.82, 2.24) is 0 Å². The van der Waals surface area contributed by atoms with Crippen LogP contribution < -0.4 is 10.6 Å². The van der Waals surface area contributed by atoms with E-state index < -0.39 is 11.0 Å². The minimum atomic E-state index is -0.675. The van der Waals surface area contributed by atoms with E-state index in [0.717, 1.165) is 6.07 Å². The maximum absolute atomic E-state index is 11.8. The van der Waals surface area contributed by atoms with Gasteiger partial charge in [-0.05, 0) is 24.3 Å². The predicted molar refractivity (Wildman–Crippen MR) is 78.9 cm³/mol. The van der Waals surface area contributed by atoms with Crippen LogP contribution in [0.1, 0.15) is 0 Å². The SMILES string of the molecule is O=C(Nc1cccc(O)c1)Nc1ccc(Cl)cc1[N+](=O)[O-]. The number of carbonyl (C=O) groups is 1. The van der Waals surface area contributed by atoms with Crippen molar-refractivity contribution in [1.29, 1.82) is 0 Å². The number of amides is 2. The lowest BCUT2D eigenvalue weighted by atomic mass is 10.2. The fourth-order valence-corrected chi connectivity index (χ4v) is 1.80. The Balaban J connectivity index is 2.15. The lowest BCUT2D eigenvalue weighted by Gasteiger charge is -2.08. The molecule has 0 radical (unpaired) electrons. The Morgan fingerprint density at radius 1 is 1.19 bits per heavy atom. The van der Waals surface area contributed by atoms with Crippen molar-refractivity contribution < 1.29 is 14.8 Å². The standard InChI is InChI=1S/C13H10ClN3O4/c14-8-4-5-11(12(6-8)17(20)21)16-13(19)15-9-2-1-3-10(18)7-9/h1-7,18H,(H2,15,16,19). The average molecular weight is 308 g/mol. The molecule has 2 aromatic rings. The first-order valence-electron chi connectivity index (χ1n) is 5.76. The van der Waals surface area contributed by atoms with Gasteiger partial charge in [0.25, 0.3) is 5.69 Å². The zero-order chi connectivity index (χ0) is 15.4. The second-order valence-electron chi connectivity index (χ2n) is 4.05. The van der Waals surface area contributed by atoms with E-state index in [1.807, 2.05) is 0 Å². The summed E-state index contributed by atoms with van der Waals surface area (Å²) in [6.45, 7) is 0. The molecule has 2 amide bonds. The van der Waals surface area contributed by atoms with Crippen molar-refractivity contribution in [2.45, 2.75) is 0 Å². The van der Waals surface area contributed by atoms with Crippen molar-refractivity contribution >= 4 is 34.7 Å². The highest BCUT2D eigenvalue weighted by molar-refractivity contribution is 6.31. The van der Waals surface area contributed by atoms with Gasteiger partial charge in [-0.15, -0.1) is 0 Å². The topological polar surface area (TPSA) is 104 Å². The minimum absolute atomic E-state index is 0.00901. The van der Waals surface area contributed by atoms with Gasteiger partial charge in [-0.1, -0.05) is 17.7 Å². The van der Waals surface area contributed by atoms with Gasteiger partial charge in [0.15, 0.2) is 0 Å². The van der Waals surface area contributed by atoms with Crippen LogP contribution in [-0.2, 0) is 0 Å². The van der Waals surface area contributed by atoms with E-state index in [2.05, 4.69) is 10.6 Å². The number of phenols is 1. The van der Waals surface area contributed by atoms with E-state index in [0.29, 0.717) is 5.69 Å². The summed E-state index contributed by atoms with van der Waals surface area (Å²) < 4.78 is 0. The van der Waals surface area contributed by atoms with Gasteiger partial charge < -0.3 is 15.7 Å². The molecule has 7 nitrogen and oxygen atoms in total. The first-order valence-corrected chi connectivity index (χ1v) is 6.14. The van der Waals surface area contributed by atoms with E-state index in [4.69, 9.17) is 11.6 Å². The third kappa shape index (κ3) is 3.83. The third-order valence-electron chi connectivity index (χ3n) is 2.51. The fraction of sp³-hybridized carbons (Fsp3) is 0. The van der Waals surface area contributed by atoms with E-state index >= 15 is 0 Å². The molecule has 0 fully saturated rings. The molecule has 108 valence electrons. The zero-order valence-electron chi connectivity index (χ0n) is 10.5. The molecule has 0 saturated carbocycles. The fourth-order valence-electron chi connectivity index (χ4n) is 1.63. The van der Waals surface area contributed by atoms with Gasteiger partial charge in [0.2, 0.25) is 0 Å². The van der Waals surface area contributed by atoms with Crippen LogP contribution in [0.4, 0.5) is 21.9 Å². The average Bonchev–Trinajstić information content (AvgIpc) is 2.40. The molecule has 0 spiro atoms. The van der Waals surface area contributed by atoms with Gasteiger partial charge in [0.1, 0.15) is 11.4 Å².